The molecule has 0 unspecified atom stereocenters. The molecule has 0 saturated carbocycles. The molecule has 0 aliphatic carbocycles. The SMILES string of the molecule is CCCCCCCCCc1ccc(/C=C2\NNC(=O)C2(C)C)c2ccccc12. The van der Waals surface area contributed by atoms with Crippen molar-refractivity contribution in [2.75, 3.05) is 0 Å². The number of unbranched alkanes of at least 4 members (excludes halogenated alkanes) is 6. The molecule has 2 aromatic rings. The molecular formula is C25H34N2O. The van der Waals surface area contributed by atoms with Crippen LogP contribution in [0.2, 0.25) is 0 Å². The molecule has 3 heteroatoms. The van der Waals surface area contributed by atoms with Crippen LogP contribution in [0.1, 0.15) is 76.8 Å². The fourth-order valence-corrected chi connectivity index (χ4v) is 3.93. The van der Waals surface area contributed by atoms with Crippen LogP contribution >= 0.6 is 0 Å². The number of carbonyl (C=O) groups excluding carboxylic acids is 1. The summed E-state index contributed by atoms with van der Waals surface area (Å²) in [4.78, 5) is 12.0. The van der Waals surface area contributed by atoms with E-state index in [1.54, 1.807) is 0 Å². The number of nitrogens with one attached hydrogen (secondary N) is 2. The number of aryl methyl sites for hydroxylation is 1. The zero-order chi connectivity index (χ0) is 20.0. The van der Waals surface area contributed by atoms with Gasteiger partial charge in [0, 0.05) is 5.70 Å². The number of hydrogen-bond acceptors (Lipinski definition) is 2. The molecule has 0 spiro atoms. The number of benzene rings is 2. The number of hydrazine groups is 1. The summed E-state index contributed by atoms with van der Waals surface area (Å²) in [5.74, 6) is 0.0126. The smallest absolute Gasteiger partial charge is 0.249 e. The molecule has 1 aliphatic rings. The summed E-state index contributed by atoms with van der Waals surface area (Å²) in [5, 5.41) is 2.59. The van der Waals surface area contributed by atoms with Crippen LogP contribution in [-0.4, -0.2) is 5.91 Å². The lowest BCUT2D eigenvalue weighted by Gasteiger charge is -2.15. The van der Waals surface area contributed by atoms with Crippen LogP contribution < -0.4 is 10.9 Å². The Hall–Kier alpha value is -2.29. The van der Waals surface area contributed by atoms with Crippen LogP contribution in [0.15, 0.2) is 42.1 Å². The lowest BCUT2D eigenvalue weighted by atomic mass is 9.88. The largest absolute Gasteiger partial charge is 0.302 e. The molecule has 28 heavy (non-hydrogen) atoms. The first-order valence-electron chi connectivity index (χ1n) is 10.8. The topological polar surface area (TPSA) is 41.1 Å². The van der Waals surface area contributed by atoms with Gasteiger partial charge in [0.2, 0.25) is 5.91 Å². The van der Waals surface area contributed by atoms with Gasteiger partial charge in [0.1, 0.15) is 0 Å². The van der Waals surface area contributed by atoms with E-state index in [0.717, 1.165) is 17.7 Å². The average Bonchev–Trinajstić information content (AvgIpc) is 2.95. The van der Waals surface area contributed by atoms with Gasteiger partial charge in [0.25, 0.3) is 0 Å². The van der Waals surface area contributed by atoms with Gasteiger partial charge in [-0.2, -0.15) is 0 Å². The first-order valence-corrected chi connectivity index (χ1v) is 10.8. The lowest BCUT2D eigenvalue weighted by molar-refractivity contribution is -0.125. The zero-order valence-electron chi connectivity index (χ0n) is 17.6. The van der Waals surface area contributed by atoms with Crippen LogP contribution in [-0.2, 0) is 11.2 Å². The Morgan fingerprint density at radius 3 is 2.21 bits per heavy atom. The number of amides is 1. The lowest BCUT2D eigenvalue weighted by Crippen LogP contribution is -2.28. The third kappa shape index (κ3) is 4.57. The van der Waals surface area contributed by atoms with Crippen molar-refractivity contribution in [3.63, 3.8) is 0 Å². The zero-order valence-corrected chi connectivity index (χ0v) is 17.6. The number of fused-ring (bicyclic) bond motifs is 1. The molecule has 1 amide bonds. The maximum atomic E-state index is 12.0. The van der Waals surface area contributed by atoms with E-state index in [0.29, 0.717) is 0 Å². The van der Waals surface area contributed by atoms with Gasteiger partial charge in [-0.3, -0.25) is 10.2 Å². The van der Waals surface area contributed by atoms with Crippen molar-refractivity contribution < 1.29 is 4.79 Å². The predicted octanol–water partition coefficient (Wildman–Crippen LogP) is 6.13. The highest BCUT2D eigenvalue weighted by Crippen LogP contribution is 2.32. The van der Waals surface area contributed by atoms with Crippen molar-refractivity contribution in [3.05, 3.63) is 53.2 Å². The molecule has 1 fully saturated rings. The third-order valence-corrected chi connectivity index (χ3v) is 5.95. The highest BCUT2D eigenvalue weighted by molar-refractivity contribution is 5.95. The molecule has 2 N–H and O–H groups in total. The standard InChI is InChI=1S/C25H34N2O/c1-4-5-6-7-8-9-10-13-19-16-17-20(22-15-12-11-14-21(19)22)18-23-25(2,3)24(28)27-26-23/h11-12,14-18,26H,4-10,13H2,1-3H3,(H,27,28)/b23-18-. The van der Waals surface area contributed by atoms with E-state index in [1.165, 1.54) is 61.3 Å². The van der Waals surface area contributed by atoms with Gasteiger partial charge in [-0.1, -0.05) is 81.8 Å². The van der Waals surface area contributed by atoms with Crippen molar-refractivity contribution in [1.29, 1.82) is 0 Å². The number of carbonyl (C=O) groups is 1. The Bertz CT molecular complexity index is 851. The predicted molar refractivity (Wildman–Crippen MR) is 119 cm³/mol. The highest BCUT2D eigenvalue weighted by atomic mass is 16.2. The number of rotatable bonds is 9. The fourth-order valence-electron chi connectivity index (χ4n) is 3.93. The first kappa shape index (κ1) is 20.4. The van der Waals surface area contributed by atoms with E-state index in [1.807, 2.05) is 13.8 Å². The molecule has 1 saturated heterocycles. The van der Waals surface area contributed by atoms with Gasteiger partial charge < -0.3 is 5.43 Å². The Morgan fingerprint density at radius 2 is 1.54 bits per heavy atom. The molecule has 1 aliphatic heterocycles. The monoisotopic (exact) mass is 378 g/mol. The van der Waals surface area contributed by atoms with Crippen LogP contribution in [0.5, 0.6) is 0 Å². The van der Waals surface area contributed by atoms with E-state index in [-0.39, 0.29) is 5.91 Å². The van der Waals surface area contributed by atoms with E-state index in [4.69, 9.17) is 0 Å². The van der Waals surface area contributed by atoms with E-state index < -0.39 is 5.41 Å². The molecule has 0 atom stereocenters. The van der Waals surface area contributed by atoms with Crippen molar-refractivity contribution >= 4 is 22.8 Å². The second-order valence-corrected chi connectivity index (χ2v) is 8.49. The second-order valence-electron chi connectivity index (χ2n) is 8.49. The summed E-state index contributed by atoms with van der Waals surface area (Å²) in [6.45, 7) is 6.17. The number of hydrogen-bond donors (Lipinski definition) is 2. The molecule has 0 radical (unpaired) electrons. The van der Waals surface area contributed by atoms with Crippen LogP contribution in [0, 0.1) is 5.41 Å². The fraction of sp³-hybridized carbons (Fsp3) is 0.480. The average molecular weight is 379 g/mol. The van der Waals surface area contributed by atoms with Gasteiger partial charge in [0.15, 0.2) is 0 Å². The molecule has 3 nitrogen and oxygen atoms in total. The third-order valence-electron chi connectivity index (χ3n) is 5.95. The quantitative estimate of drug-likeness (QED) is 0.515. The maximum absolute atomic E-state index is 12.0. The van der Waals surface area contributed by atoms with Crippen molar-refractivity contribution in [3.8, 4) is 0 Å². The Kier molecular flexibility index (Phi) is 6.77. The van der Waals surface area contributed by atoms with Crippen LogP contribution in [0.3, 0.4) is 0 Å². The van der Waals surface area contributed by atoms with E-state index in [9.17, 15) is 4.79 Å². The van der Waals surface area contributed by atoms with Gasteiger partial charge in [-0.25, -0.2) is 0 Å². The Balaban J connectivity index is 1.74. The summed E-state index contributed by atoms with van der Waals surface area (Å²) in [7, 11) is 0. The second kappa shape index (κ2) is 9.27. The minimum Gasteiger partial charge on any atom is -0.302 e. The summed E-state index contributed by atoms with van der Waals surface area (Å²) >= 11 is 0. The summed E-state index contributed by atoms with van der Waals surface area (Å²) in [6.07, 6.45) is 12.6. The minimum absolute atomic E-state index is 0.0126. The van der Waals surface area contributed by atoms with Crippen molar-refractivity contribution in [1.82, 2.24) is 10.9 Å². The first-order chi connectivity index (χ1) is 13.5. The molecular weight excluding hydrogens is 344 g/mol. The van der Waals surface area contributed by atoms with Crippen molar-refractivity contribution in [2.24, 2.45) is 5.41 Å². The Labute approximate surface area is 169 Å². The van der Waals surface area contributed by atoms with E-state index >= 15 is 0 Å². The molecule has 2 aromatic carbocycles. The highest BCUT2D eigenvalue weighted by Gasteiger charge is 2.37. The van der Waals surface area contributed by atoms with Gasteiger partial charge in [0.05, 0.1) is 5.41 Å². The van der Waals surface area contributed by atoms with Gasteiger partial charge in [-0.05, 0) is 54.7 Å². The minimum atomic E-state index is -0.530. The van der Waals surface area contributed by atoms with Crippen LogP contribution in [0.25, 0.3) is 16.8 Å². The molecule has 1 heterocycles. The van der Waals surface area contributed by atoms with Crippen LogP contribution in [0.4, 0.5) is 0 Å². The molecule has 0 bridgehead atoms. The maximum Gasteiger partial charge on any atom is 0.249 e. The summed E-state index contributed by atoms with van der Waals surface area (Å²) in [6, 6.07) is 13.1. The van der Waals surface area contributed by atoms with Gasteiger partial charge in [-0.15, -0.1) is 0 Å². The molecule has 0 aromatic heterocycles. The van der Waals surface area contributed by atoms with E-state index in [2.05, 4.69) is 60.2 Å². The van der Waals surface area contributed by atoms with Crippen molar-refractivity contribution in [2.45, 2.75) is 72.1 Å². The summed E-state index contributed by atoms with van der Waals surface area (Å²) < 4.78 is 0. The summed E-state index contributed by atoms with van der Waals surface area (Å²) in [5.41, 5.74) is 8.76. The Morgan fingerprint density at radius 1 is 0.857 bits per heavy atom. The van der Waals surface area contributed by atoms with Gasteiger partial charge >= 0.3 is 0 Å². The molecule has 150 valence electrons. The normalized spacial score (nSPS) is 17.1. The molecule has 3 rings (SSSR count).